The van der Waals surface area contributed by atoms with Gasteiger partial charge in [0.2, 0.25) is 0 Å². The van der Waals surface area contributed by atoms with Gasteiger partial charge in [-0.1, -0.05) is 26.2 Å². The Bertz CT molecular complexity index is 167. The number of unbranched alkanes of at least 4 members (excludes halogenated alkanes) is 2. The van der Waals surface area contributed by atoms with Gasteiger partial charge in [-0.3, -0.25) is 0 Å². The zero-order chi connectivity index (χ0) is 11.1. The van der Waals surface area contributed by atoms with Gasteiger partial charge in [-0.25, -0.2) is 0 Å². The van der Waals surface area contributed by atoms with Crippen LogP contribution in [0.2, 0.25) is 0 Å². The lowest BCUT2D eigenvalue weighted by Crippen LogP contribution is -2.52. The highest BCUT2D eigenvalue weighted by Gasteiger charge is 2.38. The molecule has 0 aromatic rings. The van der Waals surface area contributed by atoms with E-state index in [-0.39, 0.29) is 11.6 Å². The second-order valence-electron chi connectivity index (χ2n) is 4.48. The van der Waals surface area contributed by atoms with Crippen LogP contribution in [0.3, 0.4) is 0 Å². The topological polar surface area (TPSA) is 44.5 Å². The van der Waals surface area contributed by atoms with Crippen LogP contribution in [-0.2, 0) is 9.47 Å². The Morgan fingerprint density at radius 1 is 1.33 bits per heavy atom. The third-order valence-electron chi connectivity index (χ3n) is 3.54. The Hall–Kier alpha value is -0.120. The molecular formula is C12H25NO2. The molecule has 2 N–H and O–H groups in total. The maximum atomic E-state index is 6.25. The molecule has 1 rings (SSSR count). The molecular weight excluding hydrogens is 190 g/mol. The van der Waals surface area contributed by atoms with Crippen molar-refractivity contribution in [2.75, 3.05) is 20.3 Å². The molecule has 0 amide bonds. The van der Waals surface area contributed by atoms with Crippen molar-refractivity contribution >= 4 is 0 Å². The van der Waals surface area contributed by atoms with Crippen LogP contribution < -0.4 is 5.73 Å². The van der Waals surface area contributed by atoms with Crippen LogP contribution in [0.4, 0.5) is 0 Å². The molecule has 0 spiro atoms. The van der Waals surface area contributed by atoms with E-state index in [1.165, 1.54) is 19.3 Å². The van der Waals surface area contributed by atoms with Gasteiger partial charge < -0.3 is 15.2 Å². The van der Waals surface area contributed by atoms with Gasteiger partial charge in [-0.05, 0) is 6.42 Å². The molecule has 1 aliphatic heterocycles. The minimum atomic E-state index is -0.119. The van der Waals surface area contributed by atoms with Crippen LogP contribution in [-0.4, -0.2) is 32.0 Å². The van der Waals surface area contributed by atoms with Gasteiger partial charge >= 0.3 is 0 Å². The van der Waals surface area contributed by atoms with Gasteiger partial charge in [0.25, 0.3) is 0 Å². The molecule has 0 saturated carbocycles. The van der Waals surface area contributed by atoms with E-state index in [9.17, 15) is 0 Å². The van der Waals surface area contributed by atoms with Crippen LogP contribution in [0.15, 0.2) is 0 Å². The first kappa shape index (κ1) is 12.9. The van der Waals surface area contributed by atoms with E-state index in [4.69, 9.17) is 15.2 Å². The summed E-state index contributed by atoms with van der Waals surface area (Å²) in [6.45, 7) is 3.79. The van der Waals surface area contributed by atoms with Gasteiger partial charge in [0.05, 0.1) is 5.60 Å². The van der Waals surface area contributed by atoms with E-state index in [0.717, 1.165) is 32.5 Å². The number of rotatable bonds is 6. The summed E-state index contributed by atoms with van der Waals surface area (Å²) in [6.07, 6.45) is 6.68. The lowest BCUT2D eigenvalue weighted by atomic mass is 9.84. The van der Waals surface area contributed by atoms with Crippen molar-refractivity contribution in [3.63, 3.8) is 0 Å². The Labute approximate surface area is 93.3 Å². The van der Waals surface area contributed by atoms with Gasteiger partial charge in [0.1, 0.15) is 0 Å². The number of hydrogen-bond acceptors (Lipinski definition) is 3. The normalized spacial score (nSPS) is 22.6. The average molecular weight is 215 g/mol. The third-order valence-corrected chi connectivity index (χ3v) is 3.54. The lowest BCUT2D eigenvalue weighted by Gasteiger charge is -2.40. The monoisotopic (exact) mass is 215 g/mol. The molecule has 1 atom stereocenters. The van der Waals surface area contributed by atoms with E-state index in [0.29, 0.717) is 0 Å². The fourth-order valence-corrected chi connectivity index (χ4v) is 2.32. The highest BCUT2D eigenvalue weighted by Crippen LogP contribution is 2.29. The van der Waals surface area contributed by atoms with E-state index < -0.39 is 0 Å². The Morgan fingerprint density at radius 2 is 2.00 bits per heavy atom. The predicted molar refractivity (Wildman–Crippen MR) is 61.9 cm³/mol. The summed E-state index contributed by atoms with van der Waals surface area (Å²) in [7, 11) is 1.78. The minimum Gasteiger partial charge on any atom is -0.381 e. The van der Waals surface area contributed by atoms with Crippen LogP contribution in [0.1, 0.15) is 45.4 Å². The molecule has 0 radical (unpaired) electrons. The first-order chi connectivity index (χ1) is 7.25. The lowest BCUT2D eigenvalue weighted by molar-refractivity contribution is -0.105. The van der Waals surface area contributed by atoms with Crippen molar-refractivity contribution in [1.82, 2.24) is 0 Å². The van der Waals surface area contributed by atoms with Crippen molar-refractivity contribution in [2.24, 2.45) is 5.73 Å². The van der Waals surface area contributed by atoms with Crippen LogP contribution in [0.25, 0.3) is 0 Å². The number of methoxy groups -OCH3 is 1. The summed E-state index contributed by atoms with van der Waals surface area (Å²) >= 11 is 0. The SMILES string of the molecule is CCCCCC(N)C1(OC)CCOCC1. The van der Waals surface area contributed by atoms with Gasteiger partial charge in [-0.15, -0.1) is 0 Å². The fourth-order valence-electron chi connectivity index (χ4n) is 2.32. The molecule has 0 aliphatic carbocycles. The largest absolute Gasteiger partial charge is 0.381 e. The molecule has 3 nitrogen and oxygen atoms in total. The Balaban J connectivity index is 2.40. The van der Waals surface area contributed by atoms with E-state index in [1.807, 2.05) is 0 Å². The Kier molecular flexibility index (Phi) is 5.58. The van der Waals surface area contributed by atoms with Gasteiger partial charge in [0.15, 0.2) is 0 Å². The minimum absolute atomic E-state index is 0.119. The van der Waals surface area contributed by atoms with Gasteiger partial charge in [-0.2, -0.15) is 0 Å². The summed E-state index contributed by atoms with van der Waals surface area (Å²) in [4.78, 5) is 0. The first-order valence-corrected chi connectivity index (χ1v) is 6.13. The molecule has 1 saturated heterocycles. The molecule has 1 unspecified atom stereocenters. The first-order valence-electron chi connectivity index (χ1n) is 6.13. The van der Waals surface area contributed by atoms with E-state index in [1.54, 1.807) is 7.11 Å². The zero-order valence-electron chi connectivity index (χ0n) is 10.1. The maximum absolute atomic E-state index is 6.25. The molecule has 0 aromatic heterocycles. The van der Waals surface area contributed by atoms with Crippen molar-refractivity contribution in [3.05, 3.63) is 0 Å². The Morgan fingerprint density at radius 3 is 2.53 bits per heavy atom. The summed E-state index contributed by atoms with van der Waals surface area (Å²) in [5.41, 5.74) is 6.14. The molecule has 1 aliphatic rings. The highest BCUT2D eigenvalue weighted by molar-refractivity contribution is 4.92. The standard InChI is InChI=1S/C12H25NO2/c1-3-4-5-6-11(13)12(14-2)7-9-15-10-8-12/h11H,3-10,13H2,1-2H3. The summed E-state index contributed by atoms with van der Waals surface area (Å²) in [5.74, 6) is 0. The maximum Gasteiger partial charge on any atom is 0.0872 e. The average Bonchev–Trinajstić information content (AvgIpc) is 2.30. The van der Waals surface area contributed by atoms with Crippen molar-refractivity contribution < 1.29 is 9.47 Å². The molecule has 1 heterocycles. The quantitative estimate of drug-likeness (QED) is 0.690. The number of hydrogen-bond donors (Lipinski definition) is 1. The molecule has 90 valence electrons. The summed E-state index contributed by atoms with van der Waals surface area (Å²) in [6, 6.07) is 0.165. The van der Waals surface area contributed by atoms with Crippen molar-refractivity contribution in [1.29, 1.82) is 0 Å². The highest BCUT2D eigenvalue weighted by atomic mass is 16.5. The van der Waals surface area contributed by atoms with E-state index in [2.05, 4.69) is 6.92 Å². The zero-order valence-corrected chi connectivity index (χ0v) is 10.1. The molecule has 0 aromatic carbocycles. The molecule has 0 bridgehead atoms. The molecule has 1 fully saturated rings. The summed E-state index contributed by atoms with van der Waals surface area (Å²) in [5, 5.41) is 0. The third kappa shape index (κ3) is 3.44. The summed E-state index contributed by atoms with van der Waals surface area (Å²) < 4.78 is 11.0. The van der Waals surface area contributed by atoms with Crippen LogP contribution >= 0.6 is 0 Å². The van der Waals surface area contributed by atoms with Crippen LogP contribution in [0.5, 0.6) is 0 Å². The van der Waals surface area contributed by atoms with Crippen LogP contribution in [0, 0.1) is 0 Å². The van der Waals surface area contributed by atoms with Crippen molar-refractivity contribution in [3.8, 4) is 0 Å². The predicted octanol–water partition coefficient (Wildman–Crippen LogP) is 2.09. The van der Waals surface area contributed by atoms with Crippen molar-refractivity contribution in [2.45, 2.75) is 57.1 Å². The second-order valence-corrected chi connectivity index (χ2v) is 4.48. The number of nitrogens with two attached hydrogens (primary N) is 1. The second kappa shape index (κ2) is 6.46. The smallest absolute Gasteiger partial charge is 0.0872 e. The molecule has 3 heteroatoms. The van der Waals surface area contributed by atoms with E-state index >= 15 is 0 Å². The van der Waals surface area contributed by atoms with Gasteiger partial charge in [0, 0.05) is 39.2 Å². The fraction of sp³-hybridized carbons (Fsp3) is 1.00. The number of ether oxygens (including phenoxy) is 2. The molecule has 15 heavy (non-hydrogen) atoms.